The lowest BCUT2D eigenvalue weighted by molar-refractivity contribution is 0.309. The highest BCUT2D eigenvalue weighted by molar-refractivity contribution is 6.32. The van der Waals surface area contributed by atoms with Crippen LogP contribution in [0.5, 0.6) is 0 Å². The van der Waals surface area contributed by atoms with Gasteiger partial charge >= 0.3 is 0 Å². The number of aryl methyl sites for hydroxylation is 1. The minimum atomic E-state index is 0.427. The standard InChI is InChI=1S/C16H16ClN3/c1-10-14(17)4-3-12-11(5-7-18)13-9-20(2)8-6-15(13)19-16(10)12/h3-4H,5-6,8-9H2,1-2H3. The number of hydrogen-bond acceptors (Lipinski definition) is 3. The molecule has 1 aliphatic rings. The number of rotatable bonds is 1. The van der Waals surface area contributed by atoms with E-state index < -0.39 is 0 Å². The van der Waals surface area contributed by atoms with E-state index in [1.807, 2.05) is 19.1 Å². The van der Waals surface area contributed by atoms with Gasteiger partial charge in [0.25, 0.3) is 0 Å². The van der Waals surface area contributed by atoms with E-state index in [9.17, 15) is 0 Å². The van der Waals surface area contributed by atoms with Crippen LogP contribution in [0.1, 0.15) is 22.4 Å². The molecule has 0 spiro atoms. The summed E-state index contributed by atoms with van der Waals surface area (Å²) in [6.07, 6.45) is 1.36. The average Bonchev–Trinajstić information content (AvgIpc) is 2.44. The first kappa shape index (κ1) is 13.4. The number of benzene rings is 1. The summed E-state index contributed by atoms with van der Waals surface area (Å²) in [7, 11) is 2.11. The van der Waals surface area contributed by atoms with Crippen LogP contribution >= 0.6 is 11.6 Å². The van der Waals surface area contributed by atoms with Crippen molar-refractivity contribution in [2.75, 3.05) is 13.6 Å². The lowest BCUT2D eigenvalue weighted by Crippen LogP contribution is -2.28. The van der Waals surface area contributed by atoms with Crippen molar-refractivity contribution in [2.24, 2.45) is 0 Å². The third-order valence-electron chi connectivity index (χ3n) is 4.06. The summed E-state index contributed by atoms with van der Waals surface area (Å²) in [6.45, 7) is 3.88. The first-order valence-corrected chi connectivity index (χ1v) is 7.14. The van der Waals surface area contributed by atoms with Gasteiger partial charge < -0.3 is 4.90 Å². The Morgan fingerprint density at radius 1 is 1.45 bits per heavy atom. The fourth-order valence-corrected chi connectivity index (χ4v) is 3.07. The van der Waals surface area contributed by atoms with Gasteiger partial charge in [0, 0.05) is 35.6 Å². The molecule has 4 heteroatoms. The smallest absolute Gasteiger partial charge is 0.0752 e. The van der Waals surface area contributed by atoms with Crippen molar-refractivity contribution < 1.29 is 0 Å². The van der Waals surface area contributed by atoms with E-state index in [0.717, 1.165) is 52.3 Å². The molecule has 3 rings (SSSR count). The molecule has 0 unspecified atom stereocenters. The van der Waals surface area contributed by atoms with E-state index in [1.54, 1.807) is 0 Å². The van der Waals surface area contributed by atoms with Gasteiger partial charge in [-0.1, -0.05) is 17.7 Å². The summed E-state index contributed by atoms with van der Waals surface area (Å²) < 4.78 is 0. The van der Waals surface area contributed by atoms with E-state index in [-0.39, 0.29) is 0 Å². The fraction of sp³-hybridized carbons (Fsp3) is 0.375. The molecule has 20 heavy (non-hydrogen) atoms. The molecule has 1 aromatic heterocycles. The second kappa shape index (κ2) is 5.05. The number of pyridine rings is 1. The summed E-state index contributed by atoms with van der Waals surface area (Å²) in [4.78, 5) is 7.11. The molecule has 3 nitrogen and oxygen atoms in total. The van der Waals surface area contributed by atoms with Gasteiger partial charge in [0.1, 0.15) is 0 Å². The van der Waals surface area contributed by atoms with Crippen LogP contribution in [-0.2, 0) is 19.4 Å². The highest BCUT2D eigenvalue weighted by atomic mass is 35.5. The topological polar surface area (TPSA) is 39.9 Å². The Morgan fingerprint density at radius 3 is 3.00 bits per heavy atom. The third kappa shape index (κ3) is 2.06. The van der Waals surface area contributed by atoms with Crippen molar-refractivity contribution in [1.82, 2.24) is 9.88 Å². The SMILES string of the molecule is Cc1c(Cl)ccc2c(CC#N)c3c(nc12)CCN(C)C3. The number of nitrogens with zero attached hydrogens (tertiary/aromatic N) is 3. The van der Waals surface area contributed by atoms with E-state index in [1.165, 1.54) is 5.56 Å². The first-order valence-electron chi connectivity index (χ1n) is 6.76. The molecule has 0 amide bonds. The Morgan fingerprint density at radius 2 is 2.25 bits per heavy atom. The molecule has 2 aromatic rings. The molecule has 0 saturated carbocycles. The Balaban J connectivity index is 2.35. The second-order valence-electron chi connectivity index (χ2n) is 5.41. The predicted octanol–water partition coefficient (Wildman–Crippen LogP) is 3.25. The molecular formula is C16H16ClN3. The Kier molecular flexibility index (Phi) is 3.37. The van der Waals surface area contributed by atoms with Crippen molar-refractivity contribution in [3.05, 3.63) is 39.5 Å². The minimum absolute atomic E-state index is 0.427. The minimum Gasteiger partial charge on any atom is -0.302 e. The molecule has 0 radical (unpaired) electrons. The van der Waals surface area contributed by atoms with Crippen molar-refractivity contribution in [3.63, 3.8) is 0 Å². The molecule has 2 heterocycles. The zero-order chi connectivity index (χ0) is 14.3. The van der Waals surface area contributed by atoms with Crippen molar-refractivity contribution in [2.45, 2.75) is 26.3 Å². The molecule has 0 saturated heterocycles. The van der Waals surface area contributed by atoms with E-state index in [0.29, 0.717) is 6.42 Å². The summed E-state index contributed by atoms with van der Waals surface area (Å²) in [5, 5.41) is 11.0. The molecule has 1 aliphatic heterocycles. The van der Waals surface area contributed by atoms with Crippen LogP contribution in [0.4, 0.5) is 0 Å². The summed E-state index contributed by atoms with van der Waals surface area (Å²) in [5.74, 6) is 0. The molecule has 0 N–H and O–H groups in total. The van der Waals surface area contributed by atoms with Crippen molar-refractivity contribution >= 4 is 22.5 Å². The van der Waals surface area contributed by atoms with Crippen LogP contribution in [0.2, 0.25) is 5.02 Å². The first-order chi connectivity index (χ1) is 9.61. The highest BCUT2D eigenvalue weighted by Crippen LogP contribution is 2.32. The molecule has 0 fully saturated rings. The molecule has 1 aromatic carbocycles. The normalized spacial score (nSPS) is 15.1. The van der Waals surface area contributed by atoms with Gasteiger partial charge in [0.2, 0.25) is 0 Å². The maximum Gasteiger partial charge on any atom is 0.0752 e. The van der Waals surface area contributed by atoms with Crippen molar-refractivity contribution in [3.8, 4) is 6.07 Å². The van der Waals surface area contributed by atoms with E-state index in [2.05, 4.69) is 18.0 Å². The monoisotopic (exact) mass is 285 g/mol. The number of fused-ring (bicyclic) bond motifs is 2. The lowest BCUT2D eigenvalue weighted by Gasteiger charge is -2.27. The fourth-order valence-electron chi connectivity index (χ4n) is 2.92. The van der Waals surface area contributed by atoms with E-state index in [4.69, 9.17) is 21.8 Å². The average molecular weight is 286 g/mol. The lowest BCUT2D eigenvalue weighted by atomic mass is 9.93. The zero-order valence-electron chi connectivity index (χ0n) is 11.7. The molecule has 0 atom stereocenters. The van der Waals surface area contributed by atoms with Crippen LogP contribution in [0.25, 0.3) is 10.9 Å². The van der Waals surface area contributed by atoms with Gasteiger partial charge in [-0.2, -0.15) is 5.26 Å². The van der Waals surface area contributed by atoms with Crippen molar-refractivity contribution in [1.29, 1.82) is 5.26 Å². The molecular weight excluding hydrogens is 270 g/mol. The maximum absolute atomic E-state index is 9.16. The number of nitriles is 1. The van der Waals surface area contributed by atoms with Gasteiger partial charge in [-0.05, 0) is 36.7 Å². The second-order valence-corrected chi connectivity index (χ2v) is 5.81. The zero-order valence-corrected chi connectivity index (χ0v) is 12.5. The number of likely N-dealkylation sites (N-methyl/N-ethyl adjacent to an activating group) is 1. The molecule has 0 bridgehead atoms. The van der Waals surface area contributed by atoms with Crippen LogP contribution in [0.15, 0.2) is 12.1 Å². The van der Waals surface area contributed by atoms with Gasteiger partial charge in [0.15, 0.2) is 0 Å². The van der Waals surface area contributed by atoms with Gasteiger partial charge in [-0.25, -0.2) is 0 Å². The van der Waals surface area contributed by atoms with Gasteiger partial charge in [0.05, 0.1) is 18.0 Å². The highest BCUT2D eigenvalue weighted by Gasteiger charge is 2.21. The van der Waals surface area contributed by atoms with Gasteiger partial charge in [-0.3, -0.25) is 4.98 Å². The Bertz CT molecular complexity index is 731. The quantitative estimate of drug-likeness (QED) is 0.807. The van der Waals surface area contributed by atoms with Crippen LogP contribution in [-0.4, -0.2) is 23.5 Å². The molecule has 0 aliphatic carbocycles. The molecule has 102 valence electrons. The van der Waals surface area contributed by atoms with Crippen LogP contribution in [0.3, 0.4) is 0 Å². The summed E-state index contributed by atoms with van der Waals surface area (Å²) in [5.41, 5.74) is 5.44. The van der Waals surface area contributed by atoms with Crippen LogP contribution < -0.4 is 0 Å². The number of halogens is 1. The summed E-state index contributed by atoms with van der Waals surface area (Å²) >= 11 is 6.21. The summed E-state index contributed by atoms with van der Waals surface area (Å²) in [6, 6.07) is 6.20. The third-order valence-corrected chi connectivity index (χ3v) is 4.47. The Hall–Kier alpha value is -1.63. The maximum atomic E-state index is 9.16. The number of hydrogen-bond donors (Lipinski definition) is 0. The van der Waals surface area contributed by atoms with Gasteiger partial charge in [-0.15, -0.1) is 0 Å². The Labute approximate surface area is 123 Å². The van der Waals surface area contributed by atoms with E-state index >= 15 is 0 Å². The largest absolute Gasteiger partial charge is 0.302 e. The number of aromatic nitrogens is 1. The predicted molar refractivity (Wildman–Crippen MR) is 80.8 cm³/mol. The van der Waals surface area contributed by atoms with Crippen LogP contribution in [0, 0.1) is 18.3 Å².